The Labute approximate surface area is 114 Å². The van der Waals surface area contributed by atoms with Crippen LogP contribution in [0.25, 0.3) is 0 Å². The van der Waals surface area contributed by atoms with Crippen molar-refractivity contribution in [3.05, 3.63) is 34.3 Å². The largest absolute Gasteiger partial charge is 0.411 e. The van der Waals surface area contributed by atoms with Gasteiger partial charge in [0.05, 0.1) is 5.71 Å². The van der Waals surface area contributed by atoms with E-state index in [1.807, 2.05) is 36.1 Å². The Hall–Kier alpha value is -1.36. The first-order chi connectivity index (χ1) is 8.61. The van der Waals surface area contributed by atoms with E-state index in [1.165, 1.54) is 0 Å². The van der Waals surface area contributed by atoms with Gasteiger partial charge in [-0.05, 0) is 24.3 Å². The fourth-order valence-corrected chi connectivity index (χ4v) is 2.40. The molecule has 1 amide bonds. The normalized spacial score (nSPS) is 22.2. The number of nitrogens with zero attached hydrogens (tertiary/aromatic N) is 2. The zero-order valence-corrected chi connectivity index (χ0v) is 11.7. The van der Waals surface area contributed by atoms with Crippen LogP contribution in [-0.2, 0) is 0 Å². The highest BCUT2D eigenvalue weighted by molar-refractivity contribution is 9.10. The van der Waals surface area contributed by atoms with Gasteiger partial charge in [-0.2, -0.15) is 0 Å². The van der Waals surface area contributed by atoms with Crippen molar-refractivity contribution in [1.82, 2.24) is 4.90 Å². The summed E-state index contributed by atoms with van der Waals surface area (Å²) in [7, 11) is 0. The van der Waals surface area contributed by atoms with E-state index in [0.29, 0.717) is 25.1 Å². The number of carbonyl (C=O) groups excluding carboxylic acids is 1. The lowest BCUT2D eigenvalue weighted by molar-refractivity contribution is 0.0734. The molecule has 1 aromatic carbocycles. The van der Waals surface area contributed by atoms with Crippen LogP contribution in [0.3, 0.4) is 0 Å². The molecule has 0 radical (unpaired) electrons. The molecule has 0 aliphatic carbocycles. The van der Waals surface area contributed by atoms with E-state index in [-0.39, 0.29) is 11.8 Å². The van der Waals surface area contributed by atoms with Crippen LogP contribution in [0.1, 0.15) is 23.7 Å². The van der Waals surface area contributed by atoms with Crippen LogP contribution in [0.5, 0.6) is 0 Å². The number of benzene rings is 1. The molecule has 1 saturated heterocycles. The van der Waals surface area contributed by atoms with E-state index in [4.69, 9.17) is 5.21 Å². The van der Waals surface area contributed by atoms with Gasteiger partial charge in [0.25, 0.3) is 5.91 Å². The van der Waals surface area contributed by atoms with Crippen LogP contribution in [0.4, 0.5) is 0 Å². The van der Waals surface area contributed by atoms with Crippen LogP contribution >= 0.6 is 15.9 Å². The molecular formula is C13H15BrN2O2. The molecule has 96 valence electrons. The topological polar surface area (TPSA) is 52.9 Å². The second-order valence-corrected chi connectivity index (χ2v) is 5.42. The van der Waals surface area contributed by atoms with Crippen LogP contribution < -0.4 is 0 Å². The van der Waals surface area contributed by atoms with Gasteiger partial charge >= 0.3 is 0 Å². The van der Waals surface area contributed by atoms with Crippen molar-refractivity contribution in [3.8, 4) is 0 Å². The molecule has 1 aliphatic rings. The molecule has 2 rings (SSSR count). The fourth-order valence-electron chi connectivity index (χ4n) is 2.13. The number of amides is 1. The molecule has 5 heteroatoms. The summed E-state index contributed by atoms with van der Waals surface area (Å²) < 4.78 is 0.959. The third-order valence-electron chi connectivity index (χ3n) is 3.21. The summed E-state index contributed by atoms with van der Waals surface area (Å²) in [5.74, 6) is 0.148. The number of carbonyl (C=O) groups is 1. The Morgan fingerprint density at radius 3 is 2.67 bits per heavy atom. The number of halogens is 1. The van der Waals surface area contributed by atoms with Gasteiger partial charge in [0.2, 0.25) is 0 Å². The van der Waals surface area contributed by atoms with Crippen molar-refractivity contribution in [2.45, 2.75) is 13.3 Å². The molecule has 1 atom stereocenters. The number of hydrogen-bond acceptors (Lipinski definition) is 3. The Balaban J connectivity index is 2.09. The number of piperidine rings is 1. The molecule has 0 bridgehead atoms. The van der Waals surface area contributed by atoms with E-state index in [2.05, 4.69) is 21.1 Å². The predicted octanol–water partition coefficient (Wildman–Crippen LogP) is 2.76. The number of likely N-dealkylation sites (tertiary alicyclic amines) is 1. The average molecular weight is 311 g/mol. The van der Waals surface area contributed by atoms with Crippen molar-refractivity contribution in [2.24, 2.45) is 11.1 Å². The summed E-state index contributed by atoms with van der Waals surface area (Å²) in [6.07, 6.45) is 0.639. The maximum absolute atomic E-state index is 12.3. The Bertz CT molecular complexity index is 470. The molecule has 18 heavy (non-hydrogen) atoms. The summed E-state index contributed by atoms with van der Waals surface area (Å²) in [5, 5.41) is 12.1. The highest BCUT2D eigenvalue weighted by atomic mass is 79.9. The molecule has 4 nitrogen and oxygen atoms in total. The first-order valence-electron chi connectivity index (χ1n) is 5.87. The second kappa shape index (κ2) is 5.52. The molecule has 1 unspecified atom stereocenters. The van der Waals surface area contributed by atoms with Crippen molar-refractivity contribution >= 4 is 27.5 Å². The van der Waals surface area contributed by atoms with E-state index >= 15 is 0 Å². The fraction of sp³-hybridized carbons (Fsp3) is 0.385. The second-order valence-electron chi connectivity index (χ2n) is 4.50. The highest BCUT2D eigenvalue weighted by Crippen LogP contribution is 2.18. The third kappa shape index (κ3) is 2.72. The number of rotatable bonds is 1. The molecule has 1 fully saturated rings. The van der Waals surface area contributed by atoms with Gasteiger partial charge in [0.15, 0.2) is 0 Å². The minimum absolute atomic E-state index is 0.0336. The first-order valence-corrected chi connectivity index (χ1v) is 6.66. The molecular weight excluding hydrogens is 296 g/mol. The van der Waals surface area contributed by atoms with Crippen molar-refractivity contribution in [2.75, 3.05) is 13.1 Å². The lowest BCUT2D eigenvalue weighted by atomic mass is 9.97. The van der Waals surface area contributed by atoms with Gasteiger partial charge < -0.3 is 10.1 Å². The zero-order valence-electron chi connectivity index (χ0n) is 10.1. The lowest BCUT2D eigenvalue weighted by Gasteiger charge is -2.31. The summed E-state index contributed by atoms with van der Waals surface area (Å²) in [4.78, 5) is 14.1. The van der Waals surface area contributed by atoms with Gasteiger partial charge in [0, 0.05) is 35.5 Å². The Kier molecular flexibility index (Phi) is 4.01. The summed E-state index contributed by atoms with van der Waals surface area (Å²) in [5.41, 5.74) is 1.46. The van der Waals surface area contributed by atoms with E-state index in [0.717, 1.165) is 10.2 Å². The summed E-state index contributed by atoms with van der Waals surface area (Å²) in [6, 6.07) is 7.35. The van der Waals surface area contributed by atoms with Gasteiger partial charge in [-0.25, -0.2) is 0 Å². The van der Waals surface area contributed by atoms with Gasteiger partial charge in [-0.15, -0.1) is 0 Å². The van der Waals surface area contributed by atoms with Gasteiger partial charge in [-0.3, -0.25) is 4.79 Å². The van der Waals surface area contributed by atoms with Crippen molar-refractivity contribution in [3.63, 3.8) is 0 Å². The van der Waals surface area contributed by atoms with Crippen molar-refractivity contribution < 1.29 is 10.0 Å². The predicted molar refractivity (Wildman–Crippen MR) is 73.0 cm³/mol. The number of hydrogen-bond donors (Lipinski definition) is 1. The monoisotopic (exact) mass is 310 g/mol. The summed E-state index contributed by atoms with van der Waals surface area (Å²) in [6.45, 7) is 3.18. The smallest absolute Gasteiger partial charge is 0.253 e. The van der Waals surface area contributed by atoms with E-state index in [1.54, 1.807) is 0 Å². The zero-order chi connectivity index (χ0) is 13.1. The Morgan fingerprint density at radius 2 is 2.11 bits per heavy atom. The molecule has 1 aliphatic heterocycles. The minimum Gasteiger partial charge on any atom is -0.411 e. The third-order valence-corrected chi connectivity index (χ3v) is 3.74. The van der Waals surface area contributed by atoms with Crippen LogP contribution in [-0.4, -0.2) is 34.8 Å². The van der Waals surface area contributed by atoms with Gasteiger partial charge in [-0.1, -0.05) is 28.0 Å². The molecule has 1 aromatic rings. The van der Waals surface area contributed by atoms with Crippen LogP contribution in [0, 0.1) is 5.92 Å². The standard InChI is InChI=1S/C13H15BrN2O2/c1-9-8-16(7-6-12(9)15-18)13(17)10-2-4-11(14)5-3-10/h2-5,9,18H,6-8H2,1H3/b15-12+. The Morgan fingerprint density at radius 1 is 1.44 bits per heavy atom. The molecule has 0 saturated carbocycles. The van der Waals surface area contributed by atoms with Crippen molar-refractivity contribution in [1.29, 1.82) is 0 Å². The molecule has 0 aromatic heterocycles. The van der Waals surface area contributed by atoms with E-state index in [9.17, 15) is 4.79 Å². The SMILES string of the molecule is CC1CN(C(=O)c2ccc(Br)cc2)CC/C1=N\O. The number of oxime groups is 1. The lowest BCUT2D eigenvalue weighted by Crippen LogP contribution is -2.43. The quantitative estimate of drug-likeness (QED) is 0.640. The maximum atomic E-state index is 12.3. The minimum atomic E-state index is 0.0336. The maximum Gasteiger partial charge on any atom is 0.253 e. The average Bonchev–Trinajstić information content (AvgIpc) is 2.38. The highest BCUT2D eigenvalue weighted by Gasteiger charge is 2.26. The van der Waals surface area contributed by atoms with E-state index < -0.39 is 0 Å². The molecule has 1 N–H and O–H groups in total. The molecule has 1 heterocycles. The first kappa shape index (κ1) is 13.1. The van der Waals surface area contributed by atoms with Crippen LogP contribution in [0.2, 0.25) is 0 Å². The van der Waals surface area contributed by atoms with Crippen LogP contribution in [0.15, 0.2) is 33.9 Å². The molecule has 0 spiro atoms. The summed E-state index contributed by atoms with van der Waals surface area (Å²) >= 11 is 3.35. The van der Waals surface area contributed by atoms with Gasteiger partial charge in [0.1, 0.15) is 0 Å².